The quantitative estimate of drug-likeness (QED) is 0.185. The summed E-state index contributed by atoms with van der Waals surface area (Å²) in [7, 11) is 0. The molecule has 1 fully saturated rings. The molecule has 16 bridgehead atoms. The van der Waals surface area contributed by atoms with Gasteiger partial charge in [0.05, 0.1) is 22.8 Å². The number of rotatable bonds is 0. The Morgan fingerprint density at radius 2 is 0.756 bits per heavy atom. The Kier molecular flexibility index (Phi) is 4.41. The van der Waals surface area contributed by atoms with Gasteiger partial charge in [-0.25, -0.2) is 9.97 Å². The van der Waals surface area contributed by atoms with E-state index in [1.807, 2.05) is 0 Å². The first-order valence-electron chi connectivity index (χ1n) is 17.0. The summed E-state index contributed by atoms with van der Waals surface area (Å²) in [6, 6.07) is 9.45. The van der Waals surface area contributed by atoms with Crippen molar-refractivity contribution in [1.82, 2.24) is 19.9 Å². The summed E-state index contributed by atoms with van der Waals surface area (Å²) in [6.07, 6.45) is 22.0. The third kappa shape index (κ3) is 2.86. The second-order valence-electron chi connectivity index (χ2n) is 15.1. The standard InChI is InChI=1S/C40H30N4.Zn/c1-2-18-9-17(1)33-25-13-27-35-19-3-4-21(10-19)37(35)29(42-27)15-31-39-23-7-8-24(12-23)40(39)32(44-31)16-30-38-22-6-5-20(11-22)36(38)28(43-30)14-26(41-25)34(18)33;/h1-6,13-24H,7-12H2;/q-2;+2/t17-,18+,19+,20-,21-,22+,23+,24-;. The molecule has 13 rings (SSSR count). The molecule has 0 saturated heterocycles. The first-order chi connectivity index (χ1) is 21.7. The molecule has 0 spiro atoms. The minimum absolute atomic E-state index is 0. The van der Waals surface area contributed by atoms with E-state index >= 15 is 0 Å². The Hall–Kier alpha value is -3.56. The van der Waals surface area contributed by atoms with Crippen LogP contribution >= 0.6 is 0 Å². The van der Waals surface area contributed by atoms with Gasteiger partial charge in [0.2, 0.25) is 0 Å². The fourth-order valence-corrected chi connectivity index (χ4v) is 11.6. The Morgan fingerprint density at radius 1 is 0.422 bits per heavy atom. The first-order valence-corrected chi connectivity index (χ1v) is 17.0. The zero-order valence-electron chi connectivity index (χ0n) is 25.1. The maximum atomic E-state index is 5.47. The monoisotopic (exact) mass is 630 g/mol. The summed E-state index contributed by atoms with van der Waals surface area (Å²) < 4.78 is 0. The van der Waals surface area contributed by atoms with E-state index in [0.717, 1.165) is 33.5 Å². The molecule has 3 aromatic rings. The van der Waals surface area contributed by atoms with Crippen LogP contribution in [0.3, 0.4) is 0 Å². The van der Waals surface area contributed by atoms with Crippen molar-refractivity contribution in [3.63, 3.8) is 0 Å². The maximum Gasteiger partial charge on any atom is 2.00 e. The topological polar surface area (TPSA) is 54.0 Å². The van der Waals surface area contributed by atoms with Crippen LogP contribution in [0.25, 0.3) is 44.4 Å². The number of hydrogen-bond donors (Lipinski definition) is 0. The molecule has 0 aromatic carbocycles. The van der Waals surface area contributed by atoms with Crippen molar-refractivity contribution in [1.29, 1.82) is 0 Å². The number of nitrogens with zero attached hydrogens (tertiary/aromatic N) is 4. The third-order valence-corrected chi connectivity index (χ3v) is 13.2. The van der Waals surface area contributed by atoms with Gasteiger partial charge in [-0.1, -0.05) is 83.0 Å². The number of allylic oxidation sites excluding steroid dienone is 10. The molecule has 3 aromatic heterocycles. The van der Waals surface area contributed by atoms with Crippen LogP contribution in [0, 0.1) is 23.7 Å². The second-order valence-corrected chi connectivity index (χ2v) is 15.1. The summed E-state index contributed by atoms with van der Waals surface area (Å²) in [5.41, 5.74) is 21.0. The van der Waals surface area contributed by atoms with E-state index < -0.39 is 0 Å². The Balaban J connectivity index is 0.00000241. The SMILES string of the molecule is C1=C[C@H]2C[C@@H]1C1=C2c2cc3[n-]c(cc4nc(cc5[n-]c(cc1n2)c1c5[C@@H]2C=C[C@H]1C2)C1=C4[C@@H]2CC[C@H]1C2)c1c3[C@@H]2C=C[C@H]1C2.[Zn+2]. The molecule has 0 unspecified atom stereocenters. The maximum absolute atomic E-state index is 5.47. The van der Waals surface area contributed by atoms with E-state index in [9.17, 15) is 0 Å². The minimum atomic E-state index is 0. The normalized spacial score (nSPS) is 34.0. The second kappa shape index (κ2) is 8.04. The van der Waals surface area contributed by atoms with Crippen molar-refractivity contribution in [2.24, 2.45) is 23.7 Å². The Labute approximate surface area is 274 Å². The van der Waals surface area contributed by atoms with Crippen LogP contribution in [0.2, 0.25) is 0 Å². The van der Waals surface area contributed by atoms with E-state index in [4.69, 9.17) is 19.9 Å². The average molecular weight is 632 g/mol. The number of fused-ring (bicyclic) bond motifs is 34. The van der Waals surface area contributed by atoms with Gasteiger partial charge in [0.25, 0.3) is 0 Å². The molecule has 0 radical (unpaired) electrons. The van der Waals surface area contributed by atoms with E-state index in [0.29, 0.717) is 47.3 Å². The Bertz CT molecular complexity index is 2030. The molecule has 0 amide bonds. The van der Waals surface area contributed by atoms with Crippen LogP contribution < -0.4 is 9.97 Å². The van der Waals surface area contributed by atoms with Crippen LogP contribution in [0.4, 0.5) is 0 Å². The molecular weight excluding hydrogens is 602 g/mol. The molecule has 212 valence electrons. The fourth-order valence-electron chi connectivity index (χ4n) is 11.6. The predicted octanol–water partition coefficient (Wildman–Crippen LogP) is 8.31. The van der Waals surface area contributed by atoms with E-state index in [-0.39, 0.29) is 19.5 Å². The largest absolute Gasteiger partial charge is 2.00 e. The van der Waals surface area contributed by atoms with Gasteiger partial charge in [-0.2, -0.15) is 0 Å². The molecule has 4 nitrogen and oxygen atoms in total. The molecule has 5 heteroatoms. The van der Waals surface area contributed by atoms with Crippen LogP contribution in [0.1, 0.15) is 107 Å². The van der Waals surface area contributed by atoms with Gasteiger partial charge in [0.1, 0.15) is 0 Å². The molecule has 1 saturated carbocycles. The van der Waals surface area contributed by atoms with Crippen LogP contribution in [-0.4, -0.2) is 9.97 Å². The zero-order chi connectivity index (χ0) is 28.0. The first kappa shape index (κ1) is 24.6. The van der Waals surface area contributed by atoms with Crippen molar-refractivity contribution in [3.05, 3.63) is 106 Å². The van der Waals surface area contributed by atoms with Gasteiger partial charge >= 0.3 is 19.5 Å². The van der Waals surface area contributed by atoms with Crippen molar-refractivity contribution in [2.45, 2.75) is 62.2 Å². The van der Waals surface area contributed by atoms with Crippen LogP contribution in [0.15, 0.2) is 60.7 Å². The van der Waals surface area contributed by atoms with E-state index in [1.165, 1.54) is 94.5 Å². The van der Waals surface area contributed by atoms with Gasteiger partial charge in [-0.3, -0.25) is 0 Å². The number of aromatic nitrogens is 4. The molecule has 45 heavy (non-hydrogen) atoms. The average Bonchev–Trinajstić information content (AvgIpc) is 3.88. The molecule has 5 heterocycles. The third-order valence-electron chi connectivity index (χ3n) is 13.2. The summed E-state index contributed by atoms with van der Waals surface area (Å²) >= 11 is 0. The van der Waals surface area contributed by atoms with Gasteiger partial charge in [-0.05, 0) is 72.7 Å². The fraction of sp³-hybridized carbons (Fsp3) is 0.350. The van der Waals surface area contributed by atoms with Gasteiger partial charge < -0.3 is 9.97 Å². The smallest absolute Gasteiger partial charge is 0.657 e. The van der Waals surface area contributed by atoms with Crippen molar-refractivity contribution in [2.75, 3.05) is 0 Å². The van der Waals surface area contributed by atoms with Gasteiger partial charge in [-0.15, -0.1) is 22.1 Å². The summed E-state index contributed by atoms with van der Waals surface area (Å²) in [6.45, 7) is 0. The molecule has 2 aliphatic heterocycles. The van der Waals surface area contributed by atoms with Gasteiger partial charge in [0.15, 0.2) is 0 Å². The summed E-state index contributed by atoms with van der Waals surface area (Å²) in [4.78, 5) is 21.8. The Morgan fingerprint density at radius 3 is 1.16 bits per heavy atom. The van der Waals surface area contributed by atoms with Crippen LogP contribution in [0.5, 0.6) is 0 Å². The molecule has 8 aliphatic carbocycles. The van der Waals surface area contributed by atoms with Crippen molar-refractivity contribution >= 4 is 44.4 Å². The summed E-state index contributed by atoms with van der Waals surface area (Å²) in [5.74, 6) is 4.11. The van der Waals surface area contributed by atoms with Crippen molar-refractivity contribution < 1.29 is 19.5 Å². The number of hydrogen-bond acceptors (Lipinski definition) is 2. The molecule has 0 N–H and O–H groups in total. The predicted molar refractivity (Wildman–Crippen MR) is 173 cm³/mol. The molecular formula is C40H30N4Zn. The molecule has 8 atom stereocenters. The van der Waals surface area contributed by atoms with E-state index in [1.54, 1.807) is 0 Å². The van der Waals surface area contributed by atoms with E-state index in [2.05, 4.69) is 60.7 Å². The van der Waals surface area contributed by atoms with Crippen molar-refractivity contribution in [3.8, 4) is 0 Å². The minimum Gasteiger partial charge on any atom is -0.657 e. The van der Waals surface area contributed by atoms with Gasteiger partial charge in [0, 0.05) is 35.5 Å². The van der Waals surface area contributed by atoms with Crippen LogP contribution in [-0.2, 0) is 19.5 Å². The zero-order valence-corrected chi connectivity index (χ0v) is 28.1. The summed E-state index contributed by atoms with van der Waals surface area (Å²) in [5, 5.41) is 0. The molecule has 10 aliphatic rings.